The molecule has 0 spiro atoms. The fraction of sp³-hybridized carbons (Fsp3) is 0.0968. The number of rotatable bonds is 9. The number of carbonyl (C=O) groups excluding carboxylic acids is 2. The topological polar surface area (TPSA) is 161 Å². The number of tetrazole rings is 1. The molecule has 0 aliphatic rings. The van der Waals surface area contributed by atoms with Gasteiger partial charge in [-0.3, -0.25) is 10.1 Å². The number of methoxy groups -OCH3 is 1. The van der Waals surface area contributed by atoms with Gasteiger partial charge in [-0.1, -0.05) is 54.1 Å². The van der Waals surface area contributed by atoms with E-state index in [2.05, 4.69) is 47.2 Å². The highest BCUT2D eigenvalue weighted by Crippen LogP contribution is 2.27. The SMILES string of the molecule is COC(=O)Nc1ccc(-c2cc(C(Cc3ccccc3)NC(=O)C=Cc3cc(Cl)ccc3-n3cnnn3)nnc2C#N)cc1. The summed E-state index contributed by atoms with van der Waals surface area (Å²) >= 11 is 6.22. The van der Waals surface area contributed by atoms with Gasteiger partial charge in [0.1, 0.15) is 12.4 Å². The molecule has 0 saturated heterocycles. The van der Waals surface area contributed by atoms with E-state index in [-0.39, 0.29) is 11.6 Å². The third-order valence-corrected chi connectivity index (χ3v) is 6.74. The molecule has 0 aliphatic heterocycles. The highest BCUT2D eigenvalue weighted by atomic mass is 35.5. The van der Waals surface area contributed by atoms with Crippen LogP contribution in [0.25, 0.3) is 22.9 Å². The van der Waals surface area contributed by atoms with Gasteiger partial charge in [0, 0.05) is 27.9 Å². The second-order valence-electron chi connectivity index (χ2n) is 9.38. The van der Waals surface area contributed by atoms with Gasteiger partial charge in [0.15, 0.2) is 5.69 Å². The van der Waals surface area contributed by atoms with Gasteiger partial charge in [0.25, 0.3) is 0 Å². The summed E-state index contributed by atoms with van der Waals surface area (Å²) < 4.78 is 6.10. The number of hydrogen-bond donors (Lipinski definition) is 2. The molecule has 1 atom stereocenters. The van der Waals surface area contributed by atoms with Crippen molar-refractivity contribution < 1.29 is 14.3 Å². The smallest absolute Gasteiger partial charge is 0.411 e. The molecule has 2 N–H and O–H groups in total. The Hall–Kier alpha value is -5.93. The predicted molar refractivity (Wildman–Crippen MR) is 162 cm³/mol. The summed E-state index contributed by atoms with van der Waals surface area (Å²) in [7, 11) is 1.28. The van der Waals surface area contributed by atoms with Gasteiger partial charge < -0.3 is 10.1 Å². The average Bonchev–Trinajstić information content (AvgIpc) is 3.59. The second kappa shape index (κ2) is 13.8. The van der Waals surface area contributed by atoms with Crippen LogP contribution in [-0.2, 0) is 16.0 Å². The molecular formula is C31H24ClN9O3. The maximum Gasteiger partial charge on any atom is 0.411 e. The molecule has 0 radical (unpaired) electrons. The largest absolute Gasteiger partial charge is 0.453 e. The quantitative estimate of drug-likeness (QED) is 0.222. The van der Waals surface area contributed by atoms with Gasteiger partial charge in [0.2, 0.25) is 5.91 Å². The fourth-order valence-electron chi connectivity index (χ4n) is 4.39. The van der Waals surface area contributed by atoms with E-state index in [9.17, 15) is 14.9 Å². The van der Waals surface area contributed by atoms with Crippen molar-refractivity contribution in [3.8, 4) is 22.9 Å². The van der Waals surface area contributed by atoms with E-state index in [1.165, 1.54) is 24.2 Å². The van der Waals surface area contributed by atoms with Crippen LogP contribution in [0.3, 0.4) is 0 Å². The summed E-state index contributed by atoms with van der Waals surface area (Å²) in [6.45, 7) is 0. The lowest BCUT2D eigenvalue weighted by molar-refractivity contribution is -0.117. The molecule has 2 amide bonds. The van der Waals surface area contributed by atoms with E-state index in [4.69, 9.17) is 11.6 Å². The van der Waals surface area contributed by atoms with Gasteiger partial charge in [-0.2, -0.15) is 15.0 Å². The monoisotopic (exact) mass is 605 g/mol. The molecule has 2 aromatic heterocycles. The van der Waals surface area contributed by atoms with Crippen LogP contribution in [0.15, 0.2) is 91.3 Å². The molecule has 44 heavy (non-hydrogen) atoms. The minimum Gasteiger partial charge on any atom is -0.453 e. The fourth-order valence-corrected chi connectivity index (χ4v) is 4.57. The van der Waals surface area contributed by atoms with Gasteiger partial charge in [-0.25, -0.2) is 4.79 Å². The van der Waals surface area contributed by atoms with Crippen molar-refractivity contribution in [3.05, 3.63) is 119 Å². The molecule has 5 aromatic rings. The molecule has 3 aromatic carbocycles. The summed E-state index contributed by atoms with van der Waals surface area (Å²) in [4.78, 5) is 24.8. The van der Waals surface area contributed by atoms with E-state index in [0.29, 0.717) is 45.2 Å². The number of nitriles is 1. The Balaban J connectivity index is 1.44. The first kappa shape index (κ1) is 29.6. The minimum atomic E-state index is -0.598. The van der Waals surface area contributed by atoms with E-state index >= 15 is 0 Å². The van der Waals surface area contributed by atoms with Crippen molar-refractivity contribution >= 4 is 35.4 Å². The normalized spacial score (nSPS) is 11.5. The number of ether oxygens (including phenoxy) is 1. The highest BCUT2D eigenvalue weighted by molar-refractivity contribution is 6.30. The van der Waals surface area contributed by atoms with E-state index < -0.39 is 12.1 Å². The third-order valence-electron chi connectivity index (χ3n) is 6.50. The zero-order chi connectivity index (χ0) is 30.9. The third kappa shape index (κ3) is 7.28. The van der Waals surface area contributed by atoms with Crippen LogP contribution in [0.5, 0.6) is 0 Å². The second-order valence-corrected chi connectivity index (χ2v) is 9.82. The Bertz CT molecular complexity index is 1840. The number of anilines is 1. The number of nitrogens with zero attached hydrogens (tertiary/aromatic N) is 7. The molecule has 218 valence electrons. The number of carbonyl (C=O) groups is 2. The van der Waals surface area contributed by atoms with Crippen LogP contribution >= 0.6 is 11.6 Å². The summed E-state index contributed by atoms with van der Waals surface area (Å²) in [5.74, 6) is -0.389. The molecule has 2 heterocycles. The van der Waals surface area contributed by atoms with Gasteiger partial charge >= 0.3 is 6.09 Å². The summed E-state index contributed by atoms with van der Waals surface area (Å²) in [5.41, 5.74) is 4.52. The molecule has 0 fully saturated rings. The Labute approximate surface area is 257 Å². The van der Waals surface area contributed by atoms with Gasteiger partial charge in [-0.15, -0.1) is 10.2 Å². The molecule has 13 heteroatoms. The average molecular weight is 606 g/mol. The molecule has 5 rings (SSSR count). The van der Waals surface area contributed by atoms with Crippen molar-refractivity contribution in [1.82, 2.24) is 35.7 Å². The minimum absolute atomic E-state index is 0.114. The van der Waals surface area contributed by atoms with Crippen molar-refractivity contribution in [2.75, 3.05) is 12.4 Å². The zero-order valence-corrected chi connectivity index (χ0v) is 24.0. The number of halogens is 1. The number of amides is 2. The molecule has 0 saturated carbocycles. The predicted octanol–water partition coefficient (Wildman–Crippen LogP) is 4.94. The van der Waals surface area contributed by atoms with Crippen LogP contribution < -0.4 is 10.6 Å². The van der Waals surface area contributed by atoms with E-state index in [1.54, 1.807) is 54.6 Å². The summed E-state index contributed by atoms with van der Waals surface area (Å²) in [5, 5.41) is 35.6. The first-order valence-corrected chi connectivity index (χ1v) is 13.6. The van der Waals surface area contributed by atoms with Crippen molar-refractivity contribution in [3.63, 3.8) is 0 Å². The Morgan fingerprint density at radius 1 is 1.07 bits per heavy atom. The first-order valence-electron chi connectivity index (χ1n) is 13.2. The maximum atomic E-state index is 13.3. The Morgan fingerprint density at radius 3 is 2.57 bits per heavy atom. The number of benzene rings is 3. The Kier molecular flexibility index (Phi) is 9.29. The lowest BCUT2D eigenvalue weighted by Gasteiger charge is -2.18. The highest BCUT2D eigenvalue weighted by Gasteiger charge is 2.20. The number of hydrogen-bond acceptors (Lipinski definition) is 9. The van der Waals surface area contributed by atoms with Gasteiger partial charge in [0.05, 0.1) is 24.5 Å². The van der Waals surface area contributed by atoms with Crippen molar-refractivity contribution in [1.29, 1.82) is 5.26 Å². The molecule has 12 nitrogen and oxygen atoms in total. The standard InChI is InChI=1S/C31H24ClN9O3/c1-44-31(43)35-24-11-7-21(8-12-24)25-17-27(37-38-28(25)18-33)26(15-20-5-3-2-4-6-20)36-30(42)14-9-22-16-23(32)10-13-29(22)41-19-34-39-40-41/h2-14,16-17,19,26H,15H2,1H3,(H,35,43)(H,36,42). The lowest BCUT2D eigenvalue weighted by atomic mass is 9.98. The number of nitrogens with one attached hydrogen (secondary N) is 2. The maximum absolute atomic E-state index is 13.3. The van der Waals surface area contributed by atoms with E-state index in [0.717, 1.165) is 5.56 Å². The lowest BCUT2D eigenvalue weighted by Crippen LogP contribution is -2.29. The van der Waals surface area contributed by atoms with Crippen LogP contribution in [0.2, 0.25) is 5.02 Å². The Morgan fingerprint density at radius 2 is 1.86 bits per heavy atom. The summed E-state index contributed by atoms with van der Waals surface area (Å²) in [6, 6.07) is 24.9. The molecule has 1 unspecified atom stereocenters. The van der Waals surface area contributed by atoms with E-state index in [1.807, 2.05) is 30.3 Å². The van der Waals surface area contributed by atoms with Crippen LogP contribution in [0.4, 0.5) is 10.5 Å². The van der Waals surface area contributed by atoms with Crippen LogP contribution in [0.1, 0.15) is 28.6 Å². The van der Waals surface area contributed by atoms with Crippen LogP contribution in [-0.4, -0.2) is 49.5 Å². The molecular weight excluding hydrogens is 582 g/mol. The summed E-state index contributed by atoms with van der Waals surface area (Å²) in [6.07, 6.45) is 4.27. The van der Waals surface area contributed by atoms with Crippen molar-refractivity contribution in [2.24, 2.45) is 0 Å². The molecule has 0 aliphatic carbocycles. The first-order chi connectivity index (χ1) is 21.4. The van der Waals surface area contributed by atoms with Gasteiger partial charge in [-0.05, 0) is 70.4 Å². The van der Waals surface area contributed by atoms with Crippen LogP contribution in [0, 0.1) is 11.3 Å². The molecule has 0 bridgehead atoms. The van der Waals surface area contributed by atoms with Crippen molar-refractivity contribution in [2.45, 2.75) is 12.5 Å². The zero-order valence-electron chi connectivity index (χ0n) is 23.3. The number of aromatic nitrogens is 6.